The first kappa shape index (κ1) is 22.1. The van der Waals surface area contributed by atoms with Gasteiger partial charge < -0.3 is 20.1 Å². The predicted molar refractivity (Wildman–Crippen MR) is 100 cm³/mol. The van der Waals surface area contributed by atoms with Gasteiger partial charge in [-0.3, -0.25) is 9.59 Å². The van der Waals surface area contributed by atoms with Gasteiger partial charge in [0.1, 0.15) is 17.5 Å². The molecule has 0 spiro atoms. The number of para-hydroxylation sites is 1. The Morgan fingerprint density at radius 3 is 2.14 bits per heavy atom. The molecule has 29 heavy (non-hydrogen) atoms. The Morgan fingerprint density at radius 2 is 1.59 bits per heavy atom. The highest BCUT2D eigenvalue weighted by atomic mass is 19.4. The first-order valence-corrected chi connectivity index (χ1v) is 8.78. The molecule has 0 heterocycles. The van der Waals surface area contributed by atoms with E-state index < -0.39 is 30.0 Å². The summed E-state index contributed by atoms with van der Waals surface area (Å²) in [7, 11) is 0. The van der Waals surface area contributed by atoms with Crippen LogP contribution in [0.2, 0.25) is 0 Å². The minimum Gasteiger partial charge on any atom is -0.484 e. The number of carbonyl (C=O) groups excluding carboxylic acids is 2. The highest BCUT2D eigenvalue weighted by Gasteiger charge is 2.31. The van der Waals surface area contributed by atoms with Gasteiger partial charge in [-0.1, -0.05) is 32.0 Å². The maximum absolute atomic E-state index is 12.5. The van der Waals surface area contributed by atoms with Gasteiger partial charge in [0.25, 0.3) is 5.91 Å². The molecule has 2 rings (SSSR count). The molecule has 156 valence electrons. The zero-order valence-corrected chi connectivity index (χ0v) is 15.8. The quantitative estimate of drug-likeness (QED) is 0.695. The molecule has 2 amide bonds. The van der Waals surface area contributed by atoms with E-state index in [1.54, 1.807) is 38.1 Å². The highest BCUT2D eigenvalue weighted by Crippen LogP contribution is 2.24. The van der Waals surface area contributed by atoms with Crippen LogP contribution < -0.4 is 20.1 Å². The normalized spacial score (nSPS) is 12.2. The third-order valence-electron chi connectivity index (χ3n) is 3.73. The summed E-state index contributed by atoms with van der Waals surface area (Å²) in [5, 5.41) is 5.16. The van der Waals surface area contributed by atoms with Crippen molar-refractivity contribution >= 4 is 17.5 Å². The van der Waals surface area contributed by atoms with E-state index in [0.29, 0.717) is 5.75 Å². The van der Waals surface area contributed by atoms with Crippen molar-refractivity contribution in [2.45, 2.75) is 26.3 Å². The Balaban J connectivity index is 1.92. The van der Waals surface area contributed by atoms with Crippen molar-refractivity contribution in [3.05, 3.63) is 54.6 Å². The molecule has 9 heteroatoms. The Kier molecular flexibility index (Phi) is 7.46. The average molecular weight is 410 g/mol. The van der Waals surface area contributed by atoms with Gasteiger partial charge in [-0.15, -0.1) is 13.2 Å². The highest BCUT2D eigenvalue weighted by molar-refractivity contribution is 5.97. The summed E-state index contributed by atoms with van der Waals surface area (Å²) in [4.78, 5) is 24.6. The molecule has 0 unspecified atom stereocenters. The van der Waals surface area contributed by atoms with E-state index >= 15 is 0 Å². The zero-order valence-electron chi connectivity index (χ0n) is 15.8. The van der Waals surface area contributed by atoms with Crippen LogP contribution >= 0.6 is 0 Å². The van der Waals surface area contributed by atoms with Gasteiger partial charge in [0.2, 0.25) is 5.91 Å². The lowest BCUT2D eigenvalue weighted by atomic mass is 10.0. The smallest absolute Gasteiger partial charge is 0.484 e. The molecule has 0 bridgehead atoms. The first-order chi connectivity index (χ1) is 13.6. The largest absolute Gasteiger partial charge is 0.573 e. The fourth-order valence-corrected chi connectivity index (χ4v) is 2.38. The third-order valence-corrected chi connectivity index (χ3v) is 3.73. The summed E-state index contributed by atoms with van der Waals surface area (Å²) < 4.78 is 45.7. The van der Waals surface area contributed by atoms with Crippen molar-refractivity contribution in [3.8, 4) is 11.5 Å². The van der Waals surface area contributed by atoms with Gasteiger partial charge >= 0.3 is 6.36 Å². The predicted octanol–water partition coefficient (Wildman–Crippen LogP) is 3.74. The van der Waals surface area contributed by atoms with E-state index in [0.717, 1.165) is 12.1 Å². The van der Waals surface area contributed by atoms with E-state index in [1.807, 2.05) is 6.07 Å². The van der Waals surface area contributed by atoms with Crippen LogP contribution in [0.4, 0.5) is 18.9 Å². The Labute approximate surface area is 166 Å². The van der Waals surface area contributed by atoms with Gasteiger partial charge in [0.15, 0.2) is 6.61 Å². The van der Waals surface area contributed by atoms with Crippen LogP contribution in [0.25, 0.3) is 0 Å². The minimum absolute atomic E-state index is 0.233. The van der Waals surface area contributed by atoms with Crippen LogP contribution in [-0.4, -0.2) is 30.8 Å². The molecule has 0 saturated carbocycles. The summed E-state index contributed by atoms with van der Waals surface area (Å²) in [6, 6.07) is 12.6. The fraction of sp³-hybridized carbons (Fsp3) is 0.300. The van der Waals surface area contributed by atoms with E-state index in [-0.39, 0.29) is 18.2 Å². The second-order valence-electron chi connectivity index (χ2n) is 6.45. The average Bonchev–Trinajstić information content (AvgIpc) is 2.65. The van der Waals surface area contributed by atoms with Crippen LogP contribution in [0.15, 0.2) is 54.6 Å². The number of anilines is 1. The number of benzene rings is 2. The van der Waals surface area contributed by atoms with Gasteiger partial charge in [0.05, 0.1) is 0 Å². The lowest BCUT2D eigenvalue weighted by molar-refractivity contribution is -0.274. The molecule has 1 atom stereocenters. The van der Waals surface area contributed by atoms with Crippen molar-refractivity contribution in [1.29, 1.82) is 0 Å². The molecule has 0 aliphatic carbocycles. The lowest BCUT2D eigenvalue weighted by Crippen LogP contribution is -2.48. The number of carbonyl (C=O) groups is 2. The minimum atomic E-state index is -4.79. The summed E-state index contributed by atoms with van der Waals surface area (Å²) >= 11 is 0. The van der Waals surface area contributed by atoms with Gasteiger partial charge in [-0.2, -0.15) is 0 Å². The Morgan fingerprint density at radius 1 is 0.966 bits per heavy atom. The molecule has 2 N–H and O–H groups in total. The second-order valence-corrected chi connectivity index (χ2v) is 6.45. The molecule has 0 radical (unpaired) electrons. The molecular formula is C20H21F3N2O4. The molecule has 0 fully saturated rings. The molecule has 0 aromatic heterocycles. The van der Waals surface area contributed by atoms with Gasteiger partial charge in [-0.05, 0) is 42.3 Å². The maximum Gasteiger partial charge on any atom is 0.573 e. The van der Waals surface area contributed by atoms with E-state index in [1.165, 1.54) is 12.1 Å². The van der Waals surface area contributed by atoms with Crippen LogP contribution in [0.3, 0.4) is 0 Å². The number of halogens is 3. The van der Waals surface area contributed by atoms with E-state index in [4.69, 9.17) is 4.74 Å². The Bertz CT molecular complexity index is 809. The van der Waals surface area contributed by atoms with Crippen molar-refractivity contribution < 1.29 is 32.2 Å². The number of amides is 2. The van der Waals surface area contributed by atoms with Crippen LogP contribution in [0.5, 0.6) is 11.5 Å². The molecule has 0 aliphatic rings. The SMILES string of the molecule is CC(C)[C@H](NC(=O)COc1ccccc1)C(=O)Nc1ccc(OC(F)(F)F)cc1. The fourth-order valence-electron chi connectivity index (χ4n) is 2.38. The van der Waals surface area contributed by atoms with Gasteiger partial charge in [0, 0.05) is 5.69 Å². The van der Waals surface area contributed by atoms with Crippen molar-refractivity contribution in [3.63, 3.8) is 0 Å². The summed E-state index contributed by atoms with van der Waals surface area (Å²) in [5.74, 6) is -1.09. The summed E-state index contributed by atoms with van der Waals surface area (Å²) in [6.45, 7) is 3.25. The topological polar surface area (TPSA) is 76.7 Å². The lowest BCUT2D eigenvalue weighted by Gasteiger charge is -2.22. The van der Waals surface area contributed by atoms with Crippen LogP contribution in [0, 0.1) is 5.92 Å². The van der Waals surface area contributed by atoms with E-state index in [9.17, 15) is 22.8 Å². The molecule has 2 aromatic carbocycles. The maximum atomic E-state index is 12.5. The molecule has 0 aliphatic heterocycles. The number of alkyl halides is 3. The molecule has 6 nitrogen and oxygen atoms in total. The van der Waals surface area contributed by atoms with Crippen LogP contribution in [-0.2, 0) is 9.59 Å². The van der Waals surface area contributed by atoms with Crippen molar-refractivity contribution in [2.24, 2.45) is 5.92 Å². The number of ether oxygens (including phenoxy) is 2. The first-order valence-electron chi connectivity index (χ1n) is 8.78. The number of nitrogens with one attached hydrogen (secondary N) is 2. The standard InChI is InChI=1S/C20H21F3N2O4/c1-13(2)18(25-17(26)12-28-15-6-4-3-5-7-15)19(27)24-14-8-10-16(11-9-14)29-20(21,22)23/h3-11,13,18H,12H2,1-2H3,(H,24,27)(H,25,26)/t18-/m0/s1. The second kappa shape index (κ2) is 9.81. The third kappa shape index (κ3) is 7.73. The summed E-state index contributed by atoms with van der Waals surface area (Å²) in [6.07, 6.45) is -4.79. The zero-order chi connectivity index (χ0) is 21.4. The number of rotatable bonds is 8. The van der Waals surface area contributed by atoms with Gasteiger partial charge in [-0.25, -0.2) is 0 Å². The molecular weight excluding hydrogens is 389 g/mol. The van der Waals surface area contributed by atoms with Crippen molar-refractivity contribution in [2.75, 3.05) is 11.9 Å². The number of hydrogen-bond acceptors (Lipinski definition) is 4. The van der Waals surface area contributed by atoms with E-state index in [2.05, 4.69) is 15.4 Å². The summed E-state index contributed by atoms with van der Waals surface area (Å²) in [5.41, 5.74) is 0.268. The Hall–Kier alpha value is -3.23. The molecule has 0 saturated heterocycles. The molecule has 2 aromatic rings. The van der Waals surface area contributed by atoms with Crippen LogP contribution in [0.1, 0.15) is 13.8 Å². The van der Waals surface area contributed by atoms with Crippen molar-refractivity contribution in [1.82, 2.24) is 5.32 Å². The monoisotopic (exact) mass is 410 g/mol. The number of hydrogen-bond donors (Lipinski definition) is 2.